The van der Waals surface area contributed by atoms with E-state index in [1.165, 1.54) is 0 Å². The lowest BCUT2D eigenvalue weighted by Gasteiger charge is -2.21. The Balaban J connectivity index is 1.88. The summed E-state index contributed by atoms with van der Waals surface area (Å²) in [5.74, 6) is 1.01. The first kappa shape index (κ1) is 22.7. The maximum atomic E-state index is 12.4. The molecule has 0 saturated carbocycles. The molecule has 0 aliphatic heterocycles. The van der Waals surface area contributed by atoms with E-state index in [4.69, 9.17) is 9.47 Å². The Morgan fingerprint density at radius 1 is 1.07 bits per heavy atom. The lowest BCUT2D eigenvalue weighted by atomic mass is 10.1. The van der Waals surface area contributed by atoms with Crippen molar-refractivity contribution in [3.63, 3.8) is 0 Å². The number of hydrogen-bond acceptors (Lipinski definition) is 5. The summed E-state index contributed by atoms with van der Waals surface area (Å²) in [7, 11) is -1.95. The van der Waals surface area contributed by atoms with Crippen LogP contribution in [-0.4, -0.2) is 51.2 Å². The molecular formula is C21H28N2O5S. The van der Waals surface area contributed by atoms with Gasteiger partial charge in [0.1, 0.15) is 18.1 Å². The minimum Gasteiger partial charge on any atom is -0.497 e. The molecule has 7 nitrogen and oxygen atoms in total. The van der Waals surface area contributed by atoms with Gasteiger partial charge in [0.05, 0.1) is 26.0 Å². The number of ether oxygens (including phenoxy) is 2. The number of carbonyl (C=O) groups is 1. The highest BCUT2D eigenvalue weighted by molar-refractivity contribution is 7.88. The summed E-state index contributed by atoms with van der Waals surface area (Å²) in [5.41, 5.74) is 1.91. The first-order valence-corrected chi connectivity index (χ1v) is 11.1. The van der Waals surface area contributed by atoms with Crippen molar-refractivity contribution >= 4 is 15.9 Å². The maximum absolute atomic E-state index is 12.4. The number of sulfonamides is 1. The molecule has 2 aromatic carbocycles. The first-order valence-electron chi connectivity index (χ1n) is 9.24. The zero-order chi connectivity index (χ0) is 21.4. The van der Waals surface area contributed by atoms with E-state index in [9.17, 15) is 13.2 Å². The van der Waals surface area contributed by atoms with Crippen molar-refractivity contribution in [1.29, 1.82) is 0 Å². The fourth-order valence-corrected chi connectivity index (χ4v) is 3.34. The molecule has 0 aromatic heterocycles. The number of nitrogens with zero attached hydrogens (tertiary/aromatic N) is 1. The van der Waals surface area contributed by atoms with E-state index in [0.29, 0.717) is 5.75 Å². The van der Waals surface area contributed by atoms with E-state index in [-0.39, 0.29) is 31.6 Å². The van der Waals surface area contributed by atoms with Gasteiger partial charge in [0.2, 0.25) is 15.9 Å². The van der Waals surface area contributed by atoms with Crippen LogP contribution in [0, 0.1) is 6.92 Å². The maximum Gasteiger partial charge on any atom is 0.235 e. The largest absolute Gasteiger partial charge is 0.497 e. The van der Waals surface area contributed by atoms with Gasteiger partial charge in [-0.05, 0) is 43.7 Å². The monoisotopic (exact) mass is 420 g/mol. The number of nitrogens with one attached hydrogen (secondary N) is 1. The molecule has 0 fully saturated rings. The first-order chi connectivity index (χ1) is 13.7. The van der Waals surface area contributed by atoms with Crippen LogP contribution in [0.5, 0.6) is 11.5 Å². The summed E-state index contributed by atoms with van der Waals surface area (Å²) < 4.78 is 36.1. The molecule has 0 heterocycles. The van der Waals surface area contributed by atoms with Crippen LogP contribution in [0.3, 0.4) is 0 Å². The van der Waals surface area contributed by atoms with E-state index < -0.39 is 10.0 Å². The van der Waals surface area contributed by atoms with E-state index in [2.05, 4.69) is 5.32 Å². The fourth-order valence-electron chi connectivity index (χ4n) is 2.60. The SMILES string of the molecule is COc1ccc(OCC(C)NC(=O)CN(Cc2ccc(C)cc2)S(C)(=O)=O)cc1. The minimum absolute atomic E-state index is 0.142. The second-order valence-electron chi connectivity index (χ2n) is 6.97. The average Bonchev–Trinajstić information content (AvgIpc) is 2.67. The van der Waals surface area contributed by atoms with Gasteiger partial charge in [-0.2, -0.15) is 4.31 Å². The second kappa shape index (κ2) is 10.3. The number of hydrogen-bond donors (Lipinski definition) is 1. The number of carbonyl (C=O) groups excluding carboxylic acids is 1. The van der Waals surface area contributed by atoms with E-state index in [1.807, 2.05) is 31.2 Å². The van der Waals surface area contributed by atoms with Crippen LogP contribution in [0.4, 0.5) is 0 Å². The molecule has 8 heteroatoms. The number of amides is 1. The third kappa shape index (κ3) is 7.75. The zero-order valence-electron chi connectivity index (χ0n) is 17.2. The van der Waals surface area contributed by atoms with E-state index in [0.717, 1.165) is 27.4 Å². The van der Waals surface area contributed by atoms with Crippen LogP contribution in [-0.2, 0) is 21.4 Å². The van der Waals surface area contributed by atoms with Gasteiger partial charge in [-0.3, -0.25) is 4.79 Å². The molecule has 0 spiro atoms. The van der Waals surface area contributed by atoms with Crippen molar-refractivity contribution in [3.8, 4) is 11.5 Å². The average molecular weight is 421 g/mol. The summed E-state index contributed by atoms with van der Waals surface area (Å²) in [6.07, 6.45) is 1.10. The predicted octanol–water partition coefficient (Wildman–Crippen LogP) is 2.35. The third-order valence-corrected chi connectivity index (χ3v) is 5.43. The molecule has 0 aliphatic rings. The van der Waals surface area contributed by atoms with Gasteiger partial charge in [0.15, 0.2) is 0 Å². The summed E-state index contributed by atoms with van der Waals surface area (Å²) in [6.45, 7) is 3.91. The van der Waals surface area contributed by atoms with Gasteiger partial charge in [-0.1, -0.05) is 29.8 Å². The van der Waals surface area contributed by atoms with Gasteiger partial charge >= 0.3 is 0 Å². The molecule has 1 unspecified atom stereocenters. The van der Waals surface area contributed by atoms with Crippen LogP contribution >= 0.6 is 0 Å². The summed E-state index contributed by atoms with van der Waals surface area (Å²) >= 11 is 0. The minimum atomic E-state index is -3.54. The Hall–Kier alpha value is -2.58. The lowest BCUT2D eigenvalue weighted by Crippen LogP contribution is -2.44. The normalized spacial score (nSPS) is 12.4. The van der Waals surface area contributed by atoms with Crippen molar-refractivity contribution in [3.05, 3.63) is 59.7 Å². The molecule has 2 aromatic rings. The Kier molecular flexibility index (Phi) is 8.04. The Morgan fingerprint density at radius 2 is 1.66 bits per heavy atom. The molecule has 0 radical (unpaired) electrons. The molecule has 0 bridgehead atoms. The highest BCUT2D eigenvalue weighted by Gasteiger charge is 2.21. The van der Waals surface area contributed by atoms with Crippen LogP contribution in [0.25, 0.3) is 0 Å². The van der Waals surface area contributed by atoms with Crippen LogP contribution in [0.15, 0.2) is 48.5 Å². The molecule has 1 N–H and O–H groups in total. The zero-order valence-corrected chi connectivity index (χ0v) is 18.0. The Morgan fingerprint density at radius 3 is 2.21 bits per heavy atom. The Labute approximate surface area is 172 Å². The van der Waals surface area contributed by atoms with Crippen molar-refractivity contribution in [2.45, 2.75) is 26.4 Å². The highest BCUT2D eigenvalue weighted by atomic mass is 32.2. The topological polar surface area (TPSA) is 84.9 Å². The number of aryl methyl sites for hydroxylation is 1. The van der Waals surface area contributed by atoms with Crippen LogP contribution < -0.4 is 14.8 Å². The number of benzene rings is 2. The summed E-state index contributed by atoms with van der Waals surface area (Å²) in [6, 6.07) is 14.4. The van der Waals surface area contributed by atoms with Gasteiger partial charge in [0.25, 0.3) is 0 Å². The molecular weight excluding hydrogens is 392 g/mol. The van der Waals surface area contributed by atoms with Gasteiger partial charge in [-0.25, -0.2) is 8.42 Å². The van der Waals surface area contributed by atoms with Crippen molar-refractivity contribution in [2.75, 3.05) is 26.5 Å². The third-order valence-electron chi connectivity index (χ3n) is 4.24. The van der Waals surface area contributed by atoms with E-state index in [1.54, 1.807) is 38.3 Å². The highest BCUT2D eigenvalue weighted by Crippen LogP contribution is 2.17. The standard InChI is InChI=1S/C21H28N2O5S/c1-16-5-7-18(8-6-16)13-23(29(4,25)26)14-21(24)22-17(2)15-28-20-11-9-19(27-3)10-12-20/h5-12,17H,13-15H2,1-4H3,(H,22,24). The molecule has 29 heavy (non-hydrogen) atoms. The molecule has 158 valence electrons. The van der Waals surface area contributed by atoms with Crippen molar-refractivity contribution in [2.24, 2.45) is 0 Å². The second-order valence-corrected chi connectivity index (χ2v) is 8.95. The molecule has 1 atom stereocenters. The predicted molar refractivity (Wildman–Crippen MR) is 113 cm³/mol. The van der Waals surface area contributed by atoms with Gasteiger partial charge < -0.3 is 14.8 Å². The molecule has 0 saturated heterocycles. The van der Waals surface area contributed by atoms with E-state index >= 15 is 0 Å². The number of methoxy groups -OCH3 is 1. The van der Waals surface area contributed by atoms with Crippen LogP contribution in [0.1, 0.15) is 18.1 Å². The quantitative estimate of drug-likeness (QED) is 0.638. The number of rotatable bonds is 10. The fraction of sp³-hybridized carbons (Fsp3) is 0.381. The Bertz CT molecular complexity index is 896. The van der Waals surface area contributed by atoms with Crippen molar-refractivity contribution in [1.82, 2.24) is 9.62 Å². The summed E-state index contributed by atoms with van der Waals surface area (Å²) in [4.78, 5) is 12.4. The molecule has 0 aliphatic carbocycles. The van der Waals surface area contributed by atoms with Gasteiger partial charge in [0, 0.05) is 6.54 Å². The van der Waals surface area contributed by atoms with Gasteiger partial charge in [-0.15, -0.1) is 0 Å². The molecule has 2 rings (SSSR count). The lowest BCUT2D eigenvalue weighted by molar-refractivity contribution is -0.122. The van der Waals surface area contributed by atoms with Crippen molar-refractivity contribution < 1.29 is 22.7 Å². The molecule has 1 amide bonds. The van der Waals surface area contributed by atoms with Crippen LogP contribution in [0.2, 0.25) is 0 Å². The smallest absolute Gasteiger partial charge is 0.235 e. The summed E-state index contributed by atoms with van der Waals surface area (Å²) in [5, 5.41) is 2.78.